The highest BCUT2D eigenvalue weighted by atomic mass is 16.6. The molecule has 0 bridgehead atoms. The van der Waals surface area contributed by atoms with Crippen LogP contribution >= 0.6 is 0 Å². The first kappa shape index (κ1) is 24.0. The van der Waals surface area contributed by atoms with Crippen LogP contribution in [0.5, 0.6) is 0 Å². The fourth-order valence-electron chi connectivity index (χ4n) is 4.92. The second-order valence-electron chi connectivity index (χ2n) is 9.92. The van der Waals surface area contributed by atoms with Crippen LogP contribution in [0.3, 0.4) is 0 Å². The van der Waals surface area contributed by atoms with Crippen LogP contribution in [0, 0.1) is 5.92 Å². The lowest BCUT2D eigenvalue weighted by Gasteiger charge is -2.30. The van der Waals surface area contributed by atoms with Gasteiger partial charge >= 0.3 is 6.09 Å². The zero-order valence-electron chi connectivity index (χ0n) is 21.1. The molecule has 5 N–H and O–H groups in total. The molecular formula is C28H36N6O2. The first-order valence-corrected chi connectivity index (χ1v) is 13.0. The van der Waals surface area contributed by atoms with Crippen LogP contribution in [0.1, 0.15) is 50.6 Å². The van der Waals surface area contributed by atoms with E-state index in [0.29, 0.717) is 17.6 Å². The molecule has 1 amide bonds. The summed E-state index contributed by atoms with van der Waals surface area (Å²) in [6.07, 6.45) is 7.91. The van der Waals surface area contributed by atoms with Crippen LogP contribution in [0.25, 0.3) is 22.2 Å². The average Bonchev–Trinajstić information content (AvgIpc) is 3.65. The molecule has 36 heavy (non-hydrogen) atoms. The fourth-order valence-corrected chi connectivity index (χ4v) is 4.92. The van der Waals surface area contributed by atoms with Crippen molar-refractivity contribution in [2.75, 3.05) is 24.6 Å². The van der Waals surface area contributed by atoms with Crippen molar-refractivity contribution in [2.24, 2.45) is 11.0 Å². The Bertz CT molecular complexity index is 1240. The summed E-state index contributed by atoms with van der Waals surface area (Å²) >= 11 is 0. The van der Waals surface area contributed by atoms with E-state index >= 15 is 0 Å². The van der Waals surface area contributed by atoms with Gasteiger partial charge in [0.25, 0.3) is 0 Å². The van der Waals surface area contributed by atoms with Gasteiger partial charge in [0.05, 0.1) is 16.9 Å². The van der Waals surface area contributed by atoms with Crippen molar-refractivity contribution in [3.8, 4) is 11.3 Å². The summed E-state index contributed by atoms with van der Waals surface area (Å²) in [5.74, 6) is 0.512. The average molecular weight is 489 g/mol. The summed E-state index contributed by atoms with van der Waals surface area (Å²) in [5, 5.41) is 10.9. The minimum atomic E-state index is -0.399. The number of anilines is 2. The lowest BCUT2D eigenvalue weighted by molar-refractivity contribution is 0.108. The molecule has 5 rings (SSSR count). The zero-order chi connectivity index (χ0) is 25.1. The summed E-state index contributed by atoms with van der Waals surface area (Å²) in [4.78, 5) is 12.3. The molecule has 2 aromatic carbocycles. The van der Waals surface area contributed by atoms with Crippen LogP contribution in [0.15, 0.2) is 47.6 Å². The Morgan fingerprint density at radius 1 is 1.19 bits per heavy atom. The number of ether oxygens (including phenoxy) is 1. The Morgan fingerprint density at radius 3 is 2.64 bits per heavy atom. The standard InChI is InChI=1S/C28H36N6O2/c1-18(20-7-8-20)36-28(35)33-22-11-9-21(10-12-22)27-26(29)24-13-6-19(14-15-31-32-17-30-2)16-25(24)34(27)23-4-3-5-23/h6,9-13,16-18,20,23,31H,3-5,7-8,14-15,29H2,1-2H3,(H,30,32)(H,33,35). The molecule has 0 spiro atoms. The molecule has 2 aliphatic carbocycles. The summed E-state index contributed by atoms with van der Waals surface area (Å²) in [7, 11) is 1.82. The first-order valence-electron chi connectivity index (χ1n) is 13.0. The molecular weight excluding hydrogens is 452 g/mol. The van der Waals surface area contributed by atoms with E-state index in [0.717, 1.165) is 61.0 Å². The molecule has 0 aliphatic heterocycles. The molecule has 8 nitrogen and oxygen atoms in total. The Hall–Kier alpha value is -3.68. The molecule has 2 fully saturated rings. The Morgan fingerprint density at radius 2 is 1.97 bits per heavy atom. The highest BCUT2D eigenvalue weighted by Gasteiger charge is 2.31. The van der Waals surface area contributed by atoms with Crippen LogP contribution in [0.2, 0.25) is 0 Å². The van der Waals surface area contributed by atoms with Gasteiger partial charge in [0, 0.05) is 36.3 Å². The molecule has 0 radical (unpaired) electrons. The summed E-state index contributed by atoms with van der Waals surface area (Å²) in [6, 6.07) is 14.9. The van der Waals surface area contributed by atoms with Crippen LogP contribution < -0.4 is 21.8 Å². The minimum Gasteiger partial charge on any atom is -0.446 e. The van der Waals surface area contributed by atoms with Gasteiger partial charge in [-0.25, -0.2) is 4.79 Å². The molecule has 0 saturated heterocycles. The monoisotopic (exact) mass is 488 g/mol. The van der Waals surface area contributed by atoms with Crippen LogP contribution in [-0.4, -0.2) is 36.7 Å². The van der Waals surface area contributed by atoms with Crippen molar-refractivity contribution >= 4 is 34.7 Å². The van der Waals surface area contributed by atoms with Crippen molar-refractivity contribution in [2.45, 2.75) is 57.6 Å². The van der Waals surface area contributed by atoms with E-state index in [2.05, 4.69) is 43.9 Å². The molecule has 1 unspecified atom stereocenters. The van der Waals surface area contributed by atoms with E-state index < -0.39 is 6.09 Å². The van der Waals surface area contributed by atoms with Gasteiger partial charge in [-0.3, -0.25) is 5.32 Å². The second kappa shape index (κ2) is 10.5. The van der Waals surface area contributed by atoms with Gasteiger partial charge in [-0.2, -0.15) is 5.10 Å². The predicted molar refractivity (Wildman–Crippen MR) is 146 cm³/mol. The number of amides is 1. The largest absolute Gasteiger partial charge is 0.446 e. The Labute approximate surface area is 212 Å². The van der Waals surface area contributed by atoms with Gasteiger partial charge in [-0.1, -0.05) is 24.3 Å². The highest BCUT2D eigenvalue weighted by molar-refractivity contribution is 6.01. The number of nitrogens with one attached hydrogen (secondary N) is 3. The maximum atomic E-state index is 12.3. The van der Waals surface area contributed by atoms with E-state index in [1.807, 2.05) is 38.2 Å². The first-order chi connectivity index (χ1) is 17.5. The number of aromatic nitrogens is 1. The van der Waals surface area contributed by atoms with Crippen molar-refractivity contribution in [1.82, 2.24) is 15.3 Å². The van der Waals surface area contributed by atoms with E-state index in [1.165, 1.54) is 17.5 Å². The molecule has 190 valence electrons. The quantitative estimate of drug-likeness (QED) is 0.135. The van der Waals surface area contributed by atoms with Crippen molar-refractivity contribution in [3.05, 3.63) is 48.0 Å². The zero-order valence-corrected chi connectivity index (χ0v) is 21.1. The molecule has 1 aromatic heterocycles. The number of hydrogen-bond acceptors (Lipinski definition) is 5. The molecule has 2 saturated carbocycles. The van der Waals surface area contributed by atoms with Crippen molar-refractivity contribution in [3.63, 3.8) is 0 Å². The van der Waals surface area contributed by atoms with Crippen molar-refractivity contribution in [1.29, 1.82) is 0 Å². The van der Waals surface area contributed by atoms with E-state index in [-0.39, 0.29) is 6.10 Å². The SMILES string of the molecule is CN/C=N\NCCc1ccc2c(N)c(-c3ccc(NC(=O)OC(C)C4CC4)cc3)n(C3CCC3)c2c1. The molecule has 3 aromatic rings. The van der Waals surface area contributed by atoms with Crippen LogP contribution in [0.4, 0.5) is 16.2 Å². The lowest BCUT2D eigenvalue weighted by atomic mass is 9.92. The van der Waals surface area contributed by atoms with Crippen LogP contribution in [-0.2, 0) is 11.2 Å². The molecule has 1 atom stereocenters. The summed E-state index contributed by atoms with van der Waals surface area (Å²) < 4.78 is 7.92. The van der Waals surface area contributed by atoms with E-state index in [1.54, 1.807) is 6.34 Å². The number of fused-ring (bicyclic) bond motifs is 1. The molecule has 8 heteroatoms. The number of nitrogen functional groups attached to an aromatic ring is 1. The number of carbonyl (C=O) groups is 1. The van der Waals surface area contributed by atoms with Gasteiger partial charge in [0.15, 0.2) is 0 Å². The Balaban J connectivity index is 1.38. The number of hydrazone groups is 1. The summed E-state index contributed by atoms with van der Waals surface area (Å²) in [6.45, 7) is 2.72. The van der Waals surface area contributed by atoms with Gasteiger partial charge in [-0.15, -0.1) is 0 Å². The summed E-state index contributed by atoms with van der Waals surface area (Å²) in [5.41, 5.74) is 15.9. The second-order valence-corrected chi connectivity index (χ2v) is 9.92. The lowest BCUT2D eigenvalue weighted by Crippen LogP contribution is -2.21. The topological polar surface area (TPSA) is 106 Å². The maximum absolute atomic E-state index is 12.3. The minimum absolute atomic E-state index is 0.0380. The smallest absolute Gasteiger partial charge is 0.411 e. The molecule has 1 heterocycles. The number of benzene rings is 2. The number of nitrogens with two attached hydrogens (primary N) is 1. The third-order valence-corrected chi connectivity index (χ3v) is 7.34. The predicted octanol–water partition coefficient (Wildman–Crippen LogP) is 5.26. The maximum Gasteiger partial charge on any atom is 0.411 e. The third kappa shape index (κ3) is 5.12. The third-order valence-electron chi connectivity index (χ3n) is 7.34. The Kier molecular flexibility index (Phi) is 7.02. The van der Waals surface area contributed by atoms with Gasteiger partial charge in [-0.05, 0) is 75.1 Å². The van der Waals surface area contributed by atoms with E-state index in [9.17, 15) is 4.79 Å². The van der Waals surface area contributed by atoms with Gasteiger partial charge in [0.1, 0.15) is 12.4 Å². The van der Waals surface area contributed by atoms with Gasteiger partial charge in [0.2, 0.25) is 0 Å². The van der Waals surface area contributed by atoms with Crippen molar-refractivity contribution < 1.29 is 9.53 Å². The molecule has 2 aliphatic rings. The fraction of sp³-hybridized carbons (Fsp3) is 0.429. The highest BCUT2D eigenvalue weighted by Crippen LogP contribution is 2.44. The van der Waals surface area contributed by atoms with Gasteiger partial charge < -0.3 is 25.8 Å². The normalized spacial score (nSPS) is 16.6. The number of rotatable bonds is 10. The number of carbonyl (C=O) groups excluding carboxylic acids is 1. The number of nitrogens with zero attached hydrogens (tertiary/aromatic N) is 2. The van der Waals surface area contributed by atoms with E-state index in [4.69, 9.17) is 10.5 Å². The number of hydrogen-bond donors (Lipinski definition) is 4.